The molecule has 0 aliphatic heterocycles. The molecule has 0 spiro atoms. The Balaban J connectivity index is 1.66. The molecule has 2 rings (SSSR count). The summed E-state index contributed by atoms with van der Waals surface area (Å²) in [6.45, 7) is 12.9. The molecule has 1 heteroatoms. The summed E-state index contributed by atoms with van der Waals surface area (Å²) in [6, 6.07) is 20.6. The van der Waals surface area contributed by atoms with Gasteiger partial charge >= 0.3 is 0 Å². The molecule has 2 aromatic rings. The normalized spacial score (nSPS) is 10.2. The highest BCUT2D eigenvalue weighted by molar-refractivity contribution is 5.27. The highest BCUT2D eigenvalue weighted by Crippen LogP contribution is 2.20. The van der Waals surface area contributed by atoms with Crippen LogP contribution < -0.4 is 0 Å². The summed E-state index contributed by atoms with van der Waals surface area (Å²) < 4.78 is 5.72. The molecule has 0 aromatic heterocycles. The number of aryl methyl sites for hydroxylation is 1. The first-order chi connectivity index (χ1) is 11.6. The Bertz CT molecular complexity index is 668. The SMILES string of the molecule is C=C(CCC(=C)C(=C)CCc1ccccc1)OCc1ccccc1. The van der Waals surface area contributed by atoms with E-state index in [1.807, 2.05) is 24.3 Å². The van der Waals surface area contributed by atoms with Gasteiger partial charge in [0.1, 0.15) is 6.61 Å². The summed E-state index contributed by atoms with van der Waals surface area (Å²) in [5.41, 5.74) is 4.71. The standard InChI is InChI=1S/C23H26O/c1-19(20(2)15-17-22-10-6-4-7-11-22)14-16-21(3)24-18-23-12-8-5-9-13-23/h4-13H,1-3,14-18H2. The van der Waals surface area contributed by atoms with E-state index < -0.39 is 0 Å². The van der Waals surface area contributed by atoms with Crippen molar-refractivity contribution in [2.75, 3.05) is 0 Å². The Kier molecular flexibility index (Phi) is 7.10. The van der Waals surface area contributed by atoms with Crippen LogP contribution in [0.1, 0.15) is 30.4 Å². The van der Waals surface area contributed by atoms with E-state index >= 15 is 0 Å². The van der Waals surface area contributed by atoms with Crippen molar-refractivity contribution in [3.63, 3.8) is 0 Å². The van der Waals surface area contributed by atoms with E-state index in [0.717, 1.165) is 48.2 Å². The molecule has 0 N–H and O–H groups in total. The van der Waals surface area contributed by atoms with Gasteiger partial charge in [-0.15, -0.1) is 0 Å². The lowest BCUT2D eigenvalue weighted by Crippen LogP contribution is -1.96. The number of hydrogen-bond donors (Lipinski definition) is 0. The third-order valence-corrected chi connectivity index (χ3v) is 4.05. The van der Waals surface area contributed by atoms with Gasteiger partial charge in [0, 0.05) is 6.42 Å². The van der Waals surface area contributed by atoms with Crippen molar-refractivity contribution < 1.29 is 4.74 Å². The molecular formula is C23H26O. The zero-order chi connectivity index (χ0) is 17.2. The summed E-state index contributed by atoms with van der Waals surface area (Å²) in [6.07, 6.45) is 3.58. The number of benzene rings is 2. The third-order valence-electron chi connectivity index (χ3n) is 4.05. The second-order valence-electron chi connectivity index (χ2n) is 6.01. The molecule has 0 aliphatic rings. The Morgan fingerprint density at radius 3 is 1.83 bits per heavy atom. The Morgan fingerprint density at radius 1 is 0.667 bits per heavy atom. The molecular weight excluding hydrogens is 292 g/mol. The molecule has 0 amide bonds. The molecule has 1 nitrogen and oxygen atoms in total. The van der Waals surface area contributed by atoms with Crippen LogP contribution in [0.5, 0.6) is 0 Å². The van der Waals surface area contributed by atoms with Gasteiger partial charge in [-0.2, -0.15) is 0 Å². The Morgan fingerprint density at radius 2 is 1.21 bits per heavy atom. The molecule has 0 aliphatic carbocycles. The van der Waals surface area contributed by atoms with Gasteiger partial charge in [0.15, 0.2) is 0 Å². The highest BCUT2D eigenvalue weighted by atomic mass is 16.5. The maximum atomic E-state index is 5.72. The monoisotopic (exact) mass is 318 g/mol. The Labute approximate surface area is 146 Å². The molecule has 0 fully saturated rings. The summed E-state index contributed by atoms with van der Waals surface area (Å²) in [4.78, 5) is 0. The first kappa shape index (κ1) is 17.8. The third kappa shape index (κ3) is 6.29. The fourth-order valence-electron chi connectivity index (χ4n) is 2.42. The minimum absolute atomic E-state index is 0.571. The fourth-order valence-corrected chi connectivity index (χ4v) is 2.42. The Hall–Kier alpha value is -2.54. The van der Waals surface area contributed by atoms with Crippen LogP contribution >= 0.6 is 0 Å². The molecule has 0 saturated heterocycles. The van der Waals surface area contributed by atoms with E-state index in [2.05, 4.69) is 56.1 Å². The van der Waals surface area contributed by atoms with Crippen LogP contribution in [0, 0.1) is 0 Å². The zero-order valence-corrected chi connectivity index (χ0v) is 14.3. The molecule has 0 unspecified atom stereocenters. The topological polar surface area (TPSA) is 9.23 Å². The quantitative estimate of drug-likeness (QED) is 0.372. The minimum Gasteiger partial charge on any atom is -0.494 e. The predicted octanol–water partition coefficient (Wildman–Crippen LogP) is 6.24. The fraction of sp³-hybridized carbons (Fsp3) is 0.217. The summed E-state index contributed by atoms with van der Waals surface area (Å²) in [5.74, 6) is 0.802. The van der Waals surface area contributed by atoms with Gasteiger partial charge in [0.05, 0.1) is 5.76 Å². The van der Waals surface area contributed by atoms with E-state index in [9.17, 15) is 0 Å². The van der Waals surface area contributed by atoms with Gasteiger partial charge in [0.25, 0.3) is 0 Å². The zero-order valence-electron chi connectivity index (χ0n) is 14.3. The van der Waals surface area contributed by atoms with Crippen LogP contribution in [0.4, 0.5) is 0 Å². The van der Waals surface area contributed by atoms with Gasteiger partial charge < -0.3 is 4.74 Å². The van der Waals surface area contributed by atoms with Gasteiger partial charge in [-0.1, -0.05) is 91.5 Å². The average molecular weight is 318 g/mol. The first-order valence-corrected chi connectivity index (χ1v) is 8.39. The molecule has 2 aromatic carbocycles. The van der Waals surface area contributed by atoms with E-state index in [1.165, 1.54) is 5.56 Å². The van der Waals surface area contributed by atoms with Gasteiger partial charge in [-0.05, 0) is 30.4 Å². The first-order valence-electron chi connectivity index (χ1n) is 8.39. The maximum absolute atomic E-state index is 5.72. The molecule has 0 bridgehead atoms. The molecule has 0 heterocycles. The molecule has 24 heavy (non-hydrogen) atoms. The van der Waals surface area contributed by atoms with Gasteiger partial charge in [-0.25, -0.2) is 0 Å². The van der Waals surface area contributed by atoms with Gasteiger partial charge in [0.2, 0.25) is 0 Å². The lowest BCUT2D eigenvalue weighted by molar-refractivity contribution is 0.190. The number of allylic oxidation sites excluding steroid dienone is 3. The van der Waals surface area contributed by atoms with Crippen molar-refractivity contribution in [3.05, 3.63) is 108 Å². The lowest BCUT2D eigenvalue weighted by atomic mass is 9.97. The molecule has 0 radical (unpaired) electrons. The second-order valence-corrected chi connectivity index (χ2v) is 6.01. The van der Waals surface area contributed by atoms with Crippen LogP contribution in [0.2, 0.25) is 0 Å². The second kappa shape index (κ2) is 9.57. The van der Waals surface area contributed by atoms with Crippen LogP contribution in [0.15, 0.2) is 97.3 Å². The van der Waals surface area contributed by atoms with Gasteiger partial charge in [-0.3, -0.25) is 0 Å². The molecule has 0 saturated carbocycles. The smallest absolute Gasteiger partial charge is 0.113 e. The number of ether oxygens (including phenoxy) is 1. The van der Waals surface area contributed by atoms with Crippen molar-refractivity contribution in [1.82, 2.24) is 0 Å². The van der Waals surface area contributed by atoms with Crippen molar-refractivity contribution in [1.29, 1.82) is 0 Å². The minimum atomic E-state index is 0.571. The summed E-state index contributed by atoms with van der Waals surface area (Å²) in [5, 5.41) is 0. The average Bonchev–Trinajstić information content (AvgIpc) is 2.64. The maximum Gasteiger partial charge on any atom is 0.113 e. The van der Waals surface area contributed by atoms with Crippen LogP contribution in [0.25, 0.3) is 0 Å². The van der Waals surface area contributed by atoms with Crippen LogP contribution in [-0.2, 0) is 17.8 Å². The van der Waals surface area contributed by atoms with Crippen molar-refractivity contribution in [3.8, 4) is 0 Å². The summed E-state index contributed by atoms with van der Waals surface area (Å²) >= 11 is 0. The molecule has 0 atom stereocenters. The van der Waals surface area contributed by atoms with Crippen LogP contribution in [0.3, 0.4) is 0 Å². The predicted molar refractivity (Wildman–Crippen MR) is 103 cm³/mol. The largest absolute Gasteiger partial charge is 0.494 e. The van der Waals surface area contributed by atoms with Crippen LogP contribution in [-0.4, -0.2) is 0 Å². The van der Waals surface area contributed by atoms with E-state index in [1.54, 1.807) is 0 Å². The van der Waals surface area contributed by atoms with Crippen molar-refractivity contribution >= 4 is 0 Å². The number of rotatable bonds is 10. The van der Waals surface area contributed by atoms with Crippen molar-refractivity contribution in [2.45, 2.75) is 32.3 Å². The van der Waals surface area contributed by atoms with E-state index in [-0.39, 0.29) is 0 Å². The van der Waals surface area contributed by atoms with E-state index in [4.69, 9.17) is 4.74 Å². The van der Waals surface area contributed by atoms with E-state index in [0.29, 0.717) is 6.61 Å². The van der Waals surface area contributed by atoms with Crippen molar-refractivity contribution in [2.24, 2.45) is 0 Å². The summed E-state index contributed by atoms with van der Waals surface area (Å²) in [7, 11) is 0. The lowest BCUT2D eigenvalue weighted by Gasteiger charge is -2.12. The highest BCUT2D eigenvalue weighted by Gasteiger charge is 2.04. The number of hydrogen-bond acceptors (Lipinski definition) is 1. The molecule has 124 valence electrons.